The van der Waals surface area contributed by atoms with Gasteiger partial charge in [0.1, 0.15) is 30.2 Å². The second kappa shape index (κ2) is 11.9. The third-order valence-corrected chi connectivity index (χ3v) is 5.96. The summed E-state index contributed by atoms with van der Waals surface area (Å²) >= 11 is 0. The molecule has 1 aromatic carbocycles. The van der Waals surface area contributed by atoms with Crippen LogP contribution < -0.4 is 9.46 Å². The highest BCUT2D eigenvalue weighted by molar-refractivity contribution is 7.83. The zero-order valence-corrected chi connectivity index (χ0v) is 21.1. The van der Waals surface area contributed by atoms with E-state index >= 15 is 0 Å². The smallest absolute Gasteiger partial charge is 0.333 e. The maximum absolute atomic E-state index is 12.9. The predicted octanol–water partition coefficient (Wildman–Crippen LogP) is 1.09. The van der Waals surface area contributed by atoms with Gasteiger partial charge in [-0.2, -0.15) is 13.1 Å². The van der Waals surface area contributed by atoms with Crippen LogP contribution in [0.3, 0.4) is 0 Å². The van der Waals surface area contributed by atoms with Gasteiger partial charge >= 0.3 is 10.3 Å². The Morgan fingerprint density at radius 3 is 2.24 bits per heavy atom. The van der Waals surface area contributed by atoms with Gasteiger partial charge in [-0.1, -0.05) is 32.9 Å². The predicted molar refractivity (Wildman–Crippen MR) is 122 cm³/mol. The molecule has 1 heterocycles. The fraction of sp³-hybridized carbons (Fsp3) is 0.682. The molecule has 0 spiro atoms. The van der Waals surface area contributed by atoms with Crippen LogP contribution in [-0.2, 0) is 40.7 Å². The standard InChI is InChI=1S/C22H35NO10S/c1-7-31-18-15(23-34(26,27)28)17(32-12-13-8-10-14(29-5)11-9-13)19(33-21(18)30-6)16(24)20(25)22(2,3)4/h8-11,15-19,21,23-24H,7,12H2,1-6H3,(H,26,27,28)/t15-,16?,17+,18+,19-,21+/m1/s1. The molecule has 6 atom stereocenters. The van der Waals surface area contributed by atoms with Crippen LogP contribution in [-0.4, -0.2) is 81.4 Å². The number of nitrogens with one attached hydrogen (secondary N) is 1. The van der Waals surface area contributed by atoms with Crippen LogP contribution in [0.25, 0.3) is 0 Å². The van der Waals surface area contributed by atoms with Crippen LogP contribution in [0.1, 0.15) is 33.3 Å². The maximum atomic E-state index is 12.9. The summed E-state index contributed by atoms with van der Waals surface area (Å²) in [5.41, 5.74) is -0.210. The lowest BCUT2D eigenvalue weighted by atomic mass is 9.82. The number of Topliss-reactive ketones (excluding diaryl/α,β-unsaturated/α-hetero) is 1. The van der Waals surface area contributed by atoms with Crippen LogP contribution in [0, 0.1) is 5.41 Å². The summed E-state index contributed by atoms with van der Waals surface area (Å²) in [5.74, 6) is 0.102. The van der Waals surface area contributed by atoms with Crippen molar-refractivity contribution < 1.29 is 46.6 Å². The van der Waals surface area contributed by atoms with Crippen LogP contribution in [0.4, 0.5) is 0 Å². The zero-order chi connectivity index (χ0) is 25.7. The summed E-state index contributed by atoms with van der Waals surface area (Å²) in [6.07, 6.45) is -6.44. The number of ketones is 1. The van der Waals surface area contributed by atoms with Crippen molar-refractivity contribution in [1.29, 1.82) is 0 Å². The van der Waals surface area contributed by atoms with E-state index in [1.807, 2.05) is 0 Å². The van der Waals surface area contributed by atoms with Crippen molar-refractivity contribution >= 4 is 16.1 Å². The summed E-state index contributed by atoms with van der Waals surface area (Å²) in [7, 11) is -1.88. The number of aliphatic hydroxyl groups excluding tert-OH is 1. The highest BCUT2D eigenvalue weighted by Gasteiger charge is 2.53. The Kier molecular flexibility index (Phi) is 9.98. The molecule has 1 unspecified atom stereocenters. The van der Waals surface area contributed by atoms with E-state index in [4.69, 9.17) is 23.7 Å². The third kappa shape index (κ3) is 7.43. The molecule has 0 saturated carbocycles. The van der Waals surface area contributed by atoms with Crippen molar-refractivity contribution in [3.63, 3.8) is 0 Å². The van der Waals surface area contributed by atoms with Crippen LogP contribution in [0.15, 0.2) is 24.3 Å². The van der Waals surface area contributed by atoms with Gasteiger partial charge in [0.15, 0.2) is 12.1 Å². The Morgan fingerprint density at radius 1 is 1.15 bits per heavy atom. The topological polar surface area (TPSA) is 150 Å². The first-order valence-corrected chi connectivity index (χ1v) is 12.3. The second-order valence-electron chi connectivity index (χ2n) is 8.93. The van der Waals surface area contributed by atoms with Crippen molar-refractivity contribution in [3.8, 4) is 5.75 Å². The van der Waals surface area contributed by atoms with E-state index in [1.165, 1.54) is 14.2 Å². The fourth-order valence-corrected chi connectivity index (χ4v) is 4.31. The molecule has 12 heteroatoms. The van der Waals surface area contributed by atoms with Gasteiger partial charge in [-0.05, 0) is 24.6 Å². The maximum Gasteiger partial charge on any atom is 0.333 e. The third-order valence-electron chi connectivity index (χ3n) is 5.39. The Bertz CT molecular complexity index is 899. The molecule has 0 radical (unpaired) electrons. The van der Waals surface area contributed by atoms with E-state index in [-0.39, 0.29) is 13.2 Å². The minimum atomic E-state index is -4.73. The average molecular weight is 506 g/mol. The highest BCUT2D eigenvalue weighted by Crippen LogP contribution is 2.32. The number of methoxy groups -OCH3 is 2. The molecule has 11 nitrogen and oxygen atoms in total. The molecule has 1 aromatic rings. The van der Waals surface area contributed by atoms with Crippen molar-refractivity contribution in [2.24, 2.45) is 5.41 Å². The van der Waals surface area contributed by atoms with Gasteiger partial charge in [-0.25, -0.2) is 0 Å². The van der Waals surface area contributed by atoms with Crippen molar-refractivity contribution in [2.45, 2.75) is 71.0 Å². The first-order chi connectivity index (χ1) is 15.8. The molecule has 1 aliphatic heterocycles. The van der Waals surface area contributed by atoms with Gasteiger partial charge in [0.05, 0.1) is 19.8 Å². The van der Waals surface area contributed by atoms with Crippen molar-refractivity contribution in [1.82, 2.24) is 4.72 Å². The lowest BCUT2D eigenvalue weighted by molar-refractivity contribution is -0.294. The van der Waals surface area contributed by atoms with Crippen molar-refractivity contribution in [2.75, 3.05) is 20.8 Å². The fourth-order valence-electron chi connectivity index (χ4n) is 3.70. The molecule has 0 bridgehead atoms. The van der Waals surface area contributed by atoms with Gasteiger partial charge in [0.2, 0.25) is 0 Å². The van der Waals surface area contributed by atoms with E-state index < -0.39 is 58.3 Å². The Hall–Kier alpha value is -1.64. The lowest BCUT2D eigenvalue weighted by Crippen LogP contribution is -2.68. The molecule has 0 amide bonds. The van der Waals surface area contributed by atoms with E-state index in [1.54, 1.807) is 52.0 Å². The number of ether oxygens (including phenoxy) is 5. The van der Waals surface area contributed by atoms with E-state index in [9.17, 15) is 22.9 Å². The van der Waals surface area contributed by atoms with Crippen LogP contribution in [0.2, 0.25) is 0 Å². The minimum Gasteiger partial charge on any atom is -0.497 e. The summed E-state index contributed by atoms with van der Waals surface area (Å²) in [5, 5.41) is 11.0. The molecule has 1 fully saturated rings. The van der Waals surface area contributed by atoms with Crippen LogP contribution >= 0.6 is 0 Å². The van der Waals surface area contributed by atoms with Gasteiger partial charge in [-0.15, -0.1) is 0 Å². The van der Waals surface area contributed by atoms with Crippen molar-refractivity contribution in [3.05, 3.63) is 29.8 Å². The number of aliphatic hydroxyl groups is 1. The molecule has 2 rings (SSSR count). The highest BCUT2D eigenvalue weighted by atomic mass is 32.2. The molecule has 34 heavy (non-hydrogen) atoms. The summed E-state index contributed by atoms with van der Waals surface area (Å²) in [4.78, 5) is 12.9. The monoisotopic (exact) mass is 505 g/mol. The number of benzene rings is 1. The largest absolute Gasteiger partial charge is 0.497 e. The normalized spacial score (nSPS) is 26.8. The summed E-state index contributed by atoms with van der Waals surface area (Å²) in [6.45, 7) is 6.74. The Labute approximate surface area is 200 Å². The summed E-state index contributed by atoms with van der Waals surface area (Å²) in [6, 6.07) is 5.70. The molecular formula is C22H35NO10S. The van der Waals surface area contributed by atoms with E-state index in [0.29, 0.717) is 11.3 Å². The molecule has 0 aliphatic carbocycles. The number of carbonyl (C=O) groups excluding carboxylic acids is 1. The quantitative estimate of drug-likeness (QED) is 0.373. The molecule has 194 valence electrons. The second-order valence-corrected chi connectivity index (χ2v) is 10.1. The lowest BCUT2D eigenvalue weighted by Gasteiger charge is -2.47. The average Bonchev–Trinajstić information content (AvgIpc) is 2.77. The van der Waals surface area contributed by atoms with Gasteiger partial charge in [-0.3, -0.25) is 9.35 Å². The molecule has 1 saturated heterocycles. The van der Waals surface area contributed by atoms with Gasteiger partial charge < -0.3 is 28.8 Å². The van der Waals surface area contributed by atoms with Gasteiger partial charge in [0, 0.05) is 19.1 Å². The molecular weight excluding hydrogens is 470 g/mol. The zero-order valence-electron chi connectivity index (χ0n) is 20.3. The molecule has 1 aliphatic rings. The molecule has 3 N–H and O–H groups in total. The number of rotatable bonds is 11. The van der Waals surface area contributed by atoms with Crippen LogP contribution in [0.5, 0.6) is 5.75 Å². The first kappa shape index (κ1) is 28.6. The summed E-state index contributed by atoms with van der Waals surface area (Å²) < 4.78 is 63.3. The minimum absolute atomic E-state index is 0.0227. The number of hydrogen-bond acceptors (Lipinski definition) is 9. The number of carbonyl (C=O) groups is 1. The first-order valence-electron chi connectivity index (χ1n) is 10.8. The van der Waals surface area contributed by atoms with Gasteiger partial charge in [0.25, 0.3) is 0 Å². The van der Waals surface area contributed by atoms with E-state index in [2.05, 4.69) is 4.72 Å². The Morgan fingerprint density at radius 2 is 1.76 bits per heavy atom. The SMILES string of the molecule is CCO[C@@H]1[C@@H](OC)O[C@H](C(O)C(=O)C(C)(C)C)[C@@H](OCc2ccc(OC)cc2)[C@H]1NS(=O)(=O)O. The Balaban J connectivity index is 2.46. The number of hydrogen-bond donors (Lipinski definition) is 3. The molecule has 0 aromatic heterocycles. The van der Waals surface area contributed by atoms with E-state index in [0.717, 1.165) is 0 Å².